The number of ether oxygens (including phenoxy) is 1. The van der Waals surface area contributed by atoms with Crippen molar-refractivity contribution < 1.29 is 53.2 Å². The van der Waals surface area contributed by atoms with E-state index in [0.29, 0.717) is 5.75 Å². The number of anilines is 1. The Balaban J connectivity index is 0.00000200. The Morgan fingerprint density at radius 3 is 3.05 bits per heavy atom. The number of thioether (sulfide) groups is 1. The number of nitrogens with zero attached hydrogens (tertiary/aromatic N) is 2. The van der Waals surface area contributed by atoms with E-state index in [2.05, 4.69) is 9.51 Å². The Bertz CT molecular complexity index is 565. The molecular formula is C8H11N3NaO6PS. The number of hydrogen-bond acceptors (Lipinski definition) is 8. The van der Waals surface area contributed by atoms with Crippen molar-refractivity contribution >= 4 is 25.4 Å². The number of nitrogen functional groups attached to an aromatic ring is 1. The smallest absolute Gasteiger partial charge is 0.756 e. The van der Waals surface area contributed by atoms with Gasteiger partial charge in [-0.2, -0.15) is 4.98 Å². The Labute approximate surface area is 140 Å². The van der Waals surface area contributed by atoms with Crippen LogP contribution in [0.3, 0.4) is 0 Å². The van der Waals surface area contributed by atoms with E-state index in [1.54, 1.807) is 0 Å². The van der Waals surface area contributed by atoms with Crippen LogP contribution in [0.2, 0.25) is 0 Å². The van der Waals surface area contributed by atoms with Crippen molar-refractivity contribution in [2.75, 3.05) is 18.1 Å². The maximum atomic E-state index is 11.6. The van der Waals surface area contributed by atoms with E-state index >= 15 is 0 Å². The second-order valence-corrected chi connectivity index (χ2v) is 6.05. The molecule has 3 atom stereocenters. The van der Waals surface area contributed by atoms with Gasteiger partial charge in [0.15, 0.2) is 0 Å². The van der Waals surface area contributed by atoms with Gasteiger partial charge in [0.05, 0.1) is 6.61 Å². The van der Waals surface area contributed by atoms with Crippen LogP contribution in [0.1, 0.15) is 6.23 Å². The molecule has 0 saturated carbocycles. The molecule has 1 aromatic rings. The number of rotatable bonds is 4. The van der Waals surface area contributed by atoms with E-state index in [0.717, 1.165) is 0 Å². The van der Waals surface area contributed by atoms with Gasteiger partial charge >= 0.3 is 35.2 Å². The van der Waals surface area contributed by atoms with Gasteiger partial charge in [-0.1, -0.05) is 0 Å². The van der Waals surface area contributed by atoms with E-state index in [1.807, 2.05) is 0 Å². The van der Waals surface area contributed by atoms with Gasteiger partial charge in [-0.3, -0.25) is 9.13 Å². The molecule has 0 aliphatic carbocycles. The summed E-state index contributed by atoms with van der Waals surface area (Å²) in [6, 6.07) is 1.46. The molecule has 3 N–H and O–H groups in total. The van der Waals surface area contributed by atoms with Gasteiger partial charge in [0, 0.05) is 11.9 Å². The van der Waals surface area contributed by atoms with E-state index in [9.17, 15) is 14.3 Å². The van der Waals surface area contributed by atoms with Crippen LogP contribution in [0.25, 0.3) is 0 Å². The molecule has 9 nitrogen and oxygen atoms in total. The SMILES string of the molecule is Nc1ccn([C@@H]2CS[C@H](COP(=O)([O-])O)O2)c(=O)n1.[Na+]. The maximum absolute atomic E-state index is 11.6. The third-order valence-corrected chi connectivity index (χ3v) is 3.84. The van der Waals surface area contributed by atoms with Crippen molar-refractivity contribution in [1.29, 1.82) is 0 Å². The molecule has 1 aliphatic rings. The molecule has 1 fully saturated rings. The first-order valence-corrected chi connectivity index (χ1v) is 7.69. The summed E-state index contributed by atoms with van der Waals surface area (Å²) in [7, 11) is -4.77. The predicted molar refractivity (Wildman–Crippen MR) is 65.1 cm³/mol. The van der Waals surface area contributed by atoms with Crippen LogP contribution in [0.15, 0.2) is 17.1 Å². The molecule has 1 aliphatic heterocycles. The molecular weight excluding hydrogens is 320 g/mol. The molecule has 1 aromatic heterocycles. The Morgan fingerprint density at radius 1 is 1.75 bits per heavy atom. The van der Waals surface area contributed by atoms with E-state index in [4.69, 9.17) is 15.4 Å². The van der Waals surface area contributed by atoms with E-state index in [-0.39, 0.29) is 42.0 Å². The zero-order valence-corrected chi connectivity index (χ0v) is 14.3. The van der Waals surface area contributed by atoms with Crippen LogP contribution in [0, 0.1) is 0 Å². The number of nitrogens with two attached hydrogens (primary N) is 1. The fraction of sp³-hybridized carbons (Fsp3) is 0.500. The van der Waals surface area contributed by atoms with Crippen molar-refractivity contribution in [2.45, 2.75) is 11.7 Å². The second kappa shape index (κ2) is 7.39. The molecule has 0 bridgehead atoms. The molecule has 0 spiro atoms. The van der Waals surface area contributed by atoms with Crippen molar-refractivity contribution in [1.82, 2.24) is 9.55 Å². The molecule has 106 valence electrons. The summed E-state index contributed by atoms with van der Waals surface area (Å²) in [5, 5.41) is 0. The van der Waals surface area contributed by atoms with Crippen molar-refractivity contribution in [3.63, 3.8) is 0 Å². The van der Waals surface area contributed by atoms with Crippen LogP contribution in [0.5, 0.6) is 0 Å². The zero-order chi connectivity index (χ0) is 14.0. The molecule has 0 aromatic carbocycles. The predicted octanol–water partition coefficient (Wildman–Crippen LogP) is -4.11. The van der Waals surface area contributed by atoms with E-state index in [1.165, 1.54) is 28.6 Å². The molecule has 0 radical (unpaired) electrons. The minimum atomic E-state index is -4.77. The van der Waals surface area contributed by atoms with Crippen LogP contribution in [-0.2, 0) is 13.8 Å². The van der Waals surface area contributed by atoms with Gasteiger partial charge in [0.1, 0.15) is 17.5 Å². The summed E-state index contributed by atoms with van der Waals surface area (Å²) in [6.45, 7) is -0.324. The van der Waals surface area contributed by atoms with Crippen LogP contribution >= 0.6 is 19.6 Å². The molecule has 2 heterocycles. The summed E-state index contributed by atoms with van der Waals surface area (Å²) in [5.41, 5.74) is 4.22. The molecule has 1 unspecified atom stereocenters. The van der Waals surface area contributed by atoms with Crippen LogP contribution in [-0.4, -0.2) is 32.2 Å². The quantitative estimate of drug-likeness (QED) is 0.416. The maximum Gasteiger partial charge on any atom is 1.00 e. The zero-order valence-electron chi connectivity index (χ0n) is 10.5. The minimum Gasteiger partial charge on any atom is -0.756 e. The normalized spacial score (nSPS) is 24.9. The summed E-state index contributed by atoms with van der Waals surface area (Å²) >= 11 is 1.26. The molecule has 1 saturated heterocycles. The molecule has 12 heteroatoms. The summed E-state index contributed by atoms with van der Waals surface area (Å²) < 4.78 is 21.3. The molecule has 0 amide bonds. The van der Waals surface area contributed by atoms with Gasteiger partial charge in [0.2, 0.25) is 0 Å². The fourth-order valence-corrected chi connectivity index (χ4v) is 2.89. The third-order valence-electron chi connectivity index (χ3n) is 2.27. The first kappa shape index (κ1) is 18.1. The standard InChI is InChI=1S/C8H12N3O6PS.Na/c9-5-1-2-11(8(12)10-5)6-4-19-7(17-6)3-16-18(13,14)15;/h1-2,6-7H,3-4H2,(H2,9,10,12)(H2,13,14,15);/q;+1/p-1/t6-,7+;/m0./s1. The second-order valence-electron chi connectivity index (χ2n) is 3.66. The number of aromatic nitrogens is 2. The first-order valence-electron chi connectivity index (χ1n) is 5.15. The third kappa shape index (κ3) is 5.14. The first-order chi connectivity index (χ1) is 8.85. The monoisotopic (exact) mass is 331 g/mol. The topological polar surface area (TPSA) is 140 Å². The van der Waals surface area contributed by atoms with Crippen LogP contribution in [0.4, 0.5) is 5.82 Å². The van der Waals surface area contributed by atoms with Gasteiger partial charge in [-0.25, -0.2) is 4.79 Å². The summed E-state index contributed by atoms with van der Waals surface area (Å²) in [4.78, 5) is 34.0. The van der Waals surface area contributed by atoms with Crippen molar-refractivity contribution in [3.8, 4) is 0 Å². The van der Waals surface area contributed by atoms with Gasteiger partial charge in [0.25, 0.3) is 7.82 Å². The minimum absolute atomic E-state index is 0. The fourth-order valence-electron chi connectivity index (χ4n) is 1.48. The van der Waals surface area contributed by atoms with Crippen molar-refractivity contribution in [2.24, 2.45) is 0 Å². The molecule has 20 heavy (non-hydrogen) atoms. The Kier molecular flexibility index (Phi) is 6.71. The average molecular weight is 331 g/mol. The molecule has 2 rings (SSSR count). The summed E-state index contributed by atoms with van der Waals surface area (Å²) in [6.07, 6.45) is 0.868. The van der Waals surface area contributed by atoms with Crippen molar-refractivity contribution in [3.05, 3.63) is 22.7 Å². The van der Waals surface area contributed by atoms with Gasteiger partial charge < -0.3 is 24.8 Å². The Morgan fingerprint density at radius 2 is 2.45 bits per heavy atom. The number of hydrogen-bond donors (Lipinski definition) is 2. The van der Waals surface area contributed by atoms with E-state index < -0.39 is 25.2 Å². The average Bonchev–Trinajstić information content (AvgIpc) is 2.74. The number of phosphoric ester groups is 1. The summed E-state index contributed by atoms with van der Waals surface area (Å²) in [5.74, 6) is 0.535. The van der Waals surface area contributed by atoms with Gasteiger partial charge in [-0.15, -0.1) is 11.8 Å². The van der Waals surface area contributed by atoms with Gasteiger partial charge in [-0.05, 0) is 6.07 Å². The number of phosphoric acid groups is 1. The Hall–Kier alpha value is 0.100. The van der Waals surface area contributed by atoms with Crippen LogP contribution < -0.4 is 45.9 Å². The largest absolute Gasteiger partial charge is 1.00 e.